The molecule has 8 nitrogen and oxygen atoms in total. The molecule has 4 rings (SSSR count). The monoisotopic (exact) mass is 448 g/mol. The van der Waals surface area contributed by atoms with Crippen LogP contribution in [-0.2, 0) is 11.2 Å². The Bertz CT molecular complexity index is 1080. The molecule has 0 saturated carbocycles. The smallest absolute Gasteiger partial charge is 0.227 e. The van der Waals surface area contributed by atoms with Crippen molar-refractivity contribution in [1.29, 1.82) is 0 Å². The van der Waals surface area contributed by atoms with Crippen molar-refractivity contribution in [1.82, 2.24) is 19.9 Å². The maximum absolute atomic E-state index is 13.2. The summed E-state index contributed by atoms with van der Waals surface area (Å²) in [5.74, 6) is 1.81. The first kappa shape index (κ1) is 22.5. The van der Waals surface area contributed by atoms with Crippen molar-refractivity contribution in [2.45, 2.75) is 25.2 Å². The van der Waals surface area contributed by atoms with Crippen molar-refractivity contribution in [2.75, 3.05) is 34.4 Å². The predicted octanol–water partition coefficient (Wildman–Crippen LogP) is 3.51. The summed E-state index contributed by atoms with van der Waals surface area (Å²) in [6.45, 7) is 1.35. The molecular weight excluding hydrogens is 420 g/mol. The van der Waals surface area contributed by atoms with Gasteiger partial charge in [0, 0.05) is 43.2 Å². The second-order valence-electron chi connectivity index (χ2n) is 7.95. The Morgan fingerprint density at radius 3 is 2.45 bits per heavy atom. The normalized spacial score (nSPS) is 15.7. The van der Waals surface area contributed by atoms with Gasteiger partial charge in [-0.05, 0) is 48.2 Å². The van der Waals surface area contributed by atoms with E-state index in [2.05, 4.69) is 15.0 Å². The van der Waals surface area contributed by atoms with Gasteiger partial charge in [0.05, 0.1) is 33.4 Å². The molecule has 2 aromatic heterocycles. The number of amides is 1. The van der Waals surface area contributed by atoms with Gasteiger partial charge in [0.1, 0.15) is 6.33 Å². The highest BCUT2D eigenvalue weighted by Crippen LogP contribution is 2.38. The van der Waals surface area contributed by atoms with Crippen LogP contribution in [0.1, 0.15) is 30.0 Å². The summed E-state index contributed by atoms with van der Waals surface area (Å²) in [7, 11) is 4.70. The van der Waals surface area contributed by atoms with Crippen LogP contribution in [0.5, 0.6) is 17.2 Å². The number of rotatable bonds is 7. The van der Waals surface area contributed by atoms with E-state index in [4.69, 9.17) is 14.2 Å². The van der Waals surface area contributed by atoms with E-state index >= 15 is 0 Å². The van der Waals surface area contributed by atoms with E-state index in [1.165, 1.54) is 0 Å². The molecule has 1 aliphatic rings. The number of nitrogens with zero attached hydrogens (tertiary/aromatic N) is 4. The maximum atomic E-state index is 13.2. The van der Waals surface area contributed by atoms with Gasteiger partial charge in [0.2, 0.25) is 11.7 Å². The first-order valence-electron chi connectivity index (χ1n) is 10.9. The molecule has 1 atom stereocenters. The van der Waals surface area contributed by atoms with Crippen LogP contribution in [-0.4, -0.2) is 60.2 Å². The predicted molar refractivity (Wildman–Crippen MR) is 124 cm³/mol. The van der Waals surface area contributed by atoms with Crippen molar-refractivity contribution < 1.29 is 19.0 Å². The minimum Gasteiger partial charge on any atom is -0.493 e. The minimum atomic E-state index is 0.0634. The molecule has 1 fully saturated rings. The summed E-state index contributed by atoms with van der Waals surface area (Å²) < 4.78 is 16.2. The summed E-state index contributed by atoms with van der Waals surface area (Å²) in [5.41, 5.74) is 3.81. The van der Waals surface area contributed by atoms with E-state index in [1.54, 1.807) is 40.1 Å². The Kier molecular flexibility index (Phi) is 7.02. The first-order valence-corrected chi connectivity index (χ1v) is 10.9. The molecule has 33 heavy (non-hydrogen) atoms. The maximum Gasteiger partial charge on any atom is 0.227 e. The van der Waals surface area contributed by atoms with Crippen LogP contribution in [0.3, 0.4) is 0 Å². The molecule has 0 unspecified atom stereocenters. The third-order valence-electron chi connectivity index (χ3n) is 5.98. The number of aromatic nitrogens is 3. The van der Waals surface area contributed by atoms with Gasteiger partial charge in [-0.2, -0.15) is 0 Å². The summed E-state index contributed by atoms with van der Waals surface area (Å²) in [6, 6.07) is 7.57. The minimum absolute atomic E-state index is 0.0634. The van der Waals surface area contributed by atoms with Gasteiger partial charge < -0.3 is 19.1 Å². The average molecular weight is 449 g/mol. The standard InChI is InChI=1S/C25H28N4O4/c1-31-21-11-17(12-22(32-2)25(21)33-3)13-23(30)29-10-4-5-19(15-29)24-20(14-27-16-28-24)18-6-8-26-9-7-18/h6-9,11-12,14,16,19H,4-5,10,13,15H2,1-3H3/t19-/m1/s1. The van der Waals surface area contributed by atoms with Gasteiger partial charge in [-0.25, -0.2) is 9.97 Å². The molecule has 172 valence electrons. The SMILES string of the molecule is COc1cc(CC(=O)N2CCC[C@@H](c3ncncc3-c3ccncc3)C2)cc(OC)c1OC. The molecule has 3 aromatic rings. The van der Waals surface area contributed by atoms with E-state index in [0.29, 0.717) is 23.8 Å². The number of ether oxygens (including phenoxy) is 3. The Morgan fingerprint density at radius 1 is 1.06 bits per heavy atom. The number of hydrogen-bond donors (Lipinski definition) is 0. The largest absolute Gasteiger partial charge is 0.493 e. The fourth-order valence-corrected chi connectivity index (χ4v) is 4.37. The lowest BCUT2D eigenvalue weighted by atomic mass is 9.90. The van der Waals surface area contributed by atoms with Gasteiger partial charge in [0.15, 0.2) is 11.5 Å². The second kappa shape index (κ2) is 10.3. The van der Waals surface area contributed by atoms with E-state index in [0.717, 1.165) is 41.8 Å². The molecule has 1 amide bonds. The summed E-state index contributed by atoms with van der Waals surface area (Å²) in [6.07, 6.45) is 9.10. The van der Waals surface area contributed by atoms with Crippen LogP contribution in [0.25, 0.3) is 11.1 Å². The van der Waals surface area contributed by atoms with Crippen molar-refractivity contribution in [2.24, 2.45) is 0 Å². The molecule has 0 aliphatic carbocycles. The number of pyridine rings is 1. The number of hydrogen-bond acceptors (Lipinski definition) is 7. The number of carbonyl (C=O) groups is 1. The second-order valence-corrected chi connectivity index (χ2v) is 7.95. The topological polar surface area (TPSA) is 86.7 Å². The lowest BCUT2D eigenvalue weighted by molar-refractivity contribution is -0.131. The Balaban J connectivity index is 1.53. The fourth-order valence-electron chi connectivity index (χ4n) is 4.37. The number of benzene rings is 1. The van der Waals surface area contributed by atoms with Gasteiger partial charge >= 0.3 is 0 Å². The highest BCUT2D eigenvalue weighted by Gasteiger charge is 2.28. The van der Waals surface area contributed by atoms with Crippen LogP contribution in [0.15, 0.2) is 49.2 Å². The highest BCUT2D eigenvalue weighted by molar-refractivity contribution is 5.79. The molecule has 0 N–H and O–H groups in total. The molecule has 3 heterocycles. The average Bonchev–Trinajstić information content (AvgIpc) is 2.88. The molecule has 1 aromatic carbocycles. The zero-order valence-electron chi connectivity index (χ0n) is 19.2. The Morgan fingerprint density at radius 2 is 1.79 bits per heavy atom. The molecular formula is C25H28N4O4. The number of carbonyl (C=O) groups excluding carboxylic acids is 1. The van der Waals surface area contributed by atoms with E-state index in [1.807, 2.05) is 35.4 Å². The summed E-state index contributed by atoms with van der Waals surface area (Å²) >= 11 is 0. The lowest BCUT2D eigenvalue weighted by Crippen LogP contribution is -2.40. The van der Waals surface area contributed by atoms with Crippen LogP contribution >= 0.6 is 0 Å². The van der Waals surface area contributed by atoms with Crippen LogP contribution in [0.2, 0.25) is 0 Å². The number of piperidine rings is 1. The van der Waals surface area contributed by atoms with E-state index in [9.17, 15) is 4.79 Å². The zero-order chi connectivity index (χ0) is 23.2. The van der Waals surface area contributed by atoms with Gasteiger partial charge in [0.25, 0.3) is 0 Å². The third kappa shape index (κ3) is 4.89. The Hall–Kier alpha value is -3.68. The molecule has 8 heteroatoms. The third-order valence-corrected chi connectivity index (χ3v) is 5.98. The van der Waals surface area contributed by atoms with Crippen molar-refractivity contribution in [3.63, 3.8) is 0 Å². The van der Waals surface area contributed by atoms with Gasteiger partial charge in [-0.1, -0.05) is 0 Å². The van der Waals surface area contributed by atoms with Gasteiger partial charge in [-0.3, -0.25) is 9.78 Å². The van der Waals surface area contributed by atoms with Crippen molar-refractivity contribution in [3.05, 3.63) is 60.4 Å². The fraction of sp³-hybridized carbons (Fsp3) is 0.360. The zero-order valence-corrected chi connectivity index (χ0v) is 19.2. The summed E-state index contributed by atoms with van der Waals surface area (Å²) in [5, 5.41) is 0. The lowest BCUT2D eigenvalue weighted by Gasteiger charge is -2.33. The molecule has 1 saturated heterocycles. The summed E-state index contributed by atoms with van der Waals surface area (Å²) in [4.78, 5) is 28.1. The van der Waals surface area contributed by atoms with E-state index < -0.39 is 0 Å². The van der Waals surface area contributed by atoms with Crippen LogP contribution in [0.4, 0.5) is 0 Å². The highest BCUT2D eigenvalue weighted by atomic mass is 16.5. The van der Waals surface area contributed by atoms with Crippen molar-refractivity contribution >= 4 is 5.91 Å². The Labute approximate surface area is 193 Å². The first-order chi connectivity index (χ1) is 16.1. The van der Waals surface area contributed by atoms with Crippen LogP contribution < -0.4 is 14.2 Å². The van der Waals surface area contributed by atoms with Crippen LogP contribution in [0, 0.1) is 0 Å². The number of methoxy groups -OCH3 is 3. The number of likely N-dealkylation sites (tertiary alicyclic amines) is 1. The van der Waals surface area contributed by atoms with E-state index in [-0.39, 0.29) is 18.2 Å². The quantitative estimate of drug-likeness (QED) is 0.547. The molecule has 0 bridgehead atoms. The van der Waals surface area contributed by atoms with Gasteiger partial charge in [-0.15, -0.1) is 0 Å². The molecule has 0 spiro atoms. The van der Waals surface area contributed by atoms with Crippen molar-refractivity contribution in [3.8, 4) is 28.4 Å². The molecule has 1 aliphatic heterocycles. The molecule has 0 radical (unpaired) electrons.